The van der Waals surface area contributed by atoms with Gasteiger partial charge < -0.3 is 10.1 Å². The van der Waals surface area contributed by atoms with Crippen LogP contribution in [0.15, 0.2) is 33.3 Å². The van der Waals surface area contributed by atoms with Crippen LogP contribution < -0.4 is 10.1 Å². The van der Waals surface area contributed by atoms with Crippen molar-refractivity contribution in [1.82, 2.24) is 9.97 Å². The normalized spacial score (nSPS) is 10.2. The number of nitro groups is 1. The summed E-state index contributed by atoms with van der Waals surface area (Å²) in [4.78, 5) is 18.7. The van der Waals surface area contributed by atoms with Gasteiger partial charge in [-0.2, -0.15) is 4.98 Å². The molecular weight excluding hydrogens is 408 g/mol. The molecule has 0 radical (unpaired) electrons. The molecule has 0 spiro atoms. The van der Waals surface area contributed by atoms with Crippen LogP contribution in [0.3, 0.4) is 0 Å². The van der Waals surface area contributed by atoms with Crippen LogP contribution in [-0.4, -0.2) is 21.4 Å². The fraction of sp³-hybridized carbons (Fsp3) is 0.167. The molecule has 0 atom stereocenters. The molecule has 0 aliphatic rings. The lowest BCUT2D eigenvalue weighted by Gasteiger charge is -2.09. The van der Waals surface area contributed by atoms with Gasteiger partial charge in [0.05, 0.1) is 15.6 Å². The van der Waals surface area contributed by atoms with Crippen LogP contribution in [0.4, 0.5) is 11.6 Å². The molecular formula is C12H10Br2N4O3. The number of ether oxygens (including phenoxy) is 1. The minimum Gasteiger partial charge on any atom is -0.436 e. The van der Waals surface area contributed by atoms with Crippen LogP contribution in [0, 0.1) is 10.1 Å². The Morgan fingerprint density at radius 2 is 2.19 bits per heavy atom. The maximum absolute atomic E-state index is 10.9. The first-order valence-corrected chi connectivity index (χ1v) is 7.48. The summed E-state index contributed by atoms with van der Waals surface area (Å²) in [6.07, 6.45) is 1.55. The summed E-state index contributed by atoms with van der Waals surface area (Å²) in [5, 5.41) is 13.9. The third kappa shape index (κ3) is 3.67. The van der Waals surface area contributed by atoms with Crippen molar-refractivity contribution in [3.8, 4) is 11.6 Å². The topological polar surface area (TPSA) is 90.2 Å². The average molecular weight is 418 g/mol. The second-order valence-electron chi connectivity index (χ2n) is 3.83. The van der Waals surface area contributed by atoms with Gasteiger partial charge in [0.25, 0.3) is 5.69 Å². The zero-order chi connectivity index (χ0) is 15.4. The molecule has 0 saturated carbocycles. The molecule has 110 valence electrons. The monoisotopic (exact) mass is 416 g/mol. The first-order valence-electron chi connectivity index (χ1n) is 5.90. The molecule has 0 unspecified atom stereocenters. The van der Waals surface area contributed by atoms with E-state index in [0.29, 0.717) is 22.7 Å². The molecule has 2 aromatic rings. The third-order valence-electron chi connectivity index (χ3n) is 2.39. The number of nitrogens with zero attached hydrogens (tertiary/aromatic N) is 3. The van der Waals surface area contributed by atoms with Crippen molar-refractivity contribution in [2.75, 3.05) is 11.9 Å². The molecule has 1 N–H and O–H groups in total. The first kappa shape index (κ1) is 15.6. The lowest BCUT2D eigenvalue weighted by molar-refractivity contribution is -0.385. The van der Waals surface area contributed by atoms with Crippen molar-refractivity contribution in [2.45, 2.75) is 6.92 Å². The Hall–Kier alpha value is -1.74. The Morgan fingerprint density at radius 3 is 2.86 bits per heavy atom. The van der Waals surface area contributed by atoms with E-state index in [1.165, 1.54) is 6.07 Å². The number of hydrogen-bond donors (Lipinski definition) is 1. The van der Waals surface area contributed by atoms with Gasteiger partial charge in [0, 0.05) is 12.6 Å². The number of rotatable bonds is 5. The molecule has 1 aromatic carbocycles. The van der Waals surface area contributed by atoms with Gasteiger partial charge in [0.2, 0.25) is 11.8 Å². The molecule has 1 heterocycles. The highest BCUT2D eigenvalue weighted by Crippen LogP contribution is 2.37. The number of nitro benzene ring substituents is 1. The van der Waals surface area contributed by atoms with E-state index in [4.69, 9.17) is 4.74 Å². The Morgan fingerprint density at radius 1 is 1.43 bits per heavy atom. The second kappa shape index (κ2) is 6.81. The van der Waals surface area contributed by atoms with Crippen LogP contribution in [0.2, 0.25) is 0 Å². The molecule has 2 rings (SSSR count). The Balaban J connectivity index is 2.36. The van der Waals surface area contributed by atoms with Gasteiger partial charge in [-0.3, -0.25) is 10.1 Å². The van der Waals surface area contributed by atoms with Gasteiger partial charge in [-0.05, 0) is 44.8 Å². The van der Waals surface area contributed by atoms with Crippen molar-refractivity contribution in [3.05, 3.63) is 43.5 Å². The van der Waals surface area contributed by atoms with Crippen molar-refractivity contribution < 1.29 is 9.66 Å². The van der Waals surface area contributed by atoms with Crippen molar-refractivity contribution in [1.29, 1.82) is 0 Å². The molecule has 0 amide bonds. The molecule has 0 bridgehead atoms. The summed E-state index contributed by atoms with van der Waals surface area (Å²) in [7, 11) is 0. The summed E-state index contributed by atoms with van der Waals surface area (Å²) >= 11 is 6.46. The molecule has 0 saturated heterocycles. The minimum absolute atomic E-state index is 0.0791. The van der Waals surface area contributed by atoms with E-state index in [1.807, 2.05) is 6.92 Å². The first-order chi connectivity index (χ1) is 10.0. The number of hydrogen-bond acceptors (Lipinski definition) is 6. The zero-order valence-electron chi connectivity index (χ0n) is 10.8. The maximum atomic E-state index is 10.9. The molecule has 7 nitrogen and oxygen atoms in total. The fourth-order valence-electron chi connectivity index (χ4n) is 1.49. The minimum atomic E-state index is -0.490. The van der Waals surface area contributed by atoms with Gasteiger partial charge in [-0.25, -0.2) is 4.98 Å². The van der Waals surface area contributed by atoms with E-state index >= 15 is 0 Å². The number of aromatic nitrogens is 2. The SMILES string of the molecule is CCNc1ncc(Br)c(Oc2cccc([N+](=O)[O-])c2Br)n1. The van der Waals surface area contributed by atoms with Crippen molar-refractivity contribution in [2.24, 2.45) is 0 Å². The van der Waals surface area contributed by atoms with Crippen LogP contribution in [0.25, 0.3) is 0 Å². The van der Waals surface area contributed by atoms with Gasteiger partial charge in [0.15, 0.2) is 5.75 Å². The van der Waals surface area contributed by atoms with E-state index in [2.05, 4.69) is 47.1 Å². The standard InChI is InChI=1S/C12H10Br2N4O3/c1-2-15-12-16-6-7(13)11(17-12)21-9-5-3-4-8(10(9)14)18(19)20/h3-6H,2H2,1H3,(H,15,16,17). The maximum Gasteiger partial charge on any atom is 0.287 e. The van der Waals surface area contributed by atoms with E-state index in [1.54, 1.807) is 18.3 Å². The van der Waals surface area contributed by atoms with E-state index in [-0.39, 0.29) is 16.0 Å². The number of anilines is 1. The second-order valence-corrected chi connectivity index (χ2v) is 5.47. The average Bonchev–Trinajstić information content (AvgIpc) is 2.44. The van der Waals surface area contributed by atoms with E-state index in [9.17, 15) is 10.1 Å². The highest BCUT2D eigenvalue weighted by atomic mass is 79.9. The van der Waals surface area contributed by atoms with Crippen LogP contribution in [-0.2, 0) is 0 Å². The Kier molecular flexibility index (Phi) is 5.07. The molecule has 0 fully saturated rings. The van der Waals surface area contributed by atoms with Crippen LogP contribution >= 0.6 is 31.9 Å². The molecule has 1 aromatic heterocycles. The van der Waals surface area contributed by atoms with E-state index in [0.717, 1.165) is 0 Å². The summed E-state index contributed by atoms with van der Waals surface area (Å²) in [5.41, 5.74) is -0.0791. The summed E-state index contributed by atoms with van der Waals surface area (Å²) in [6, 6.07) is 4.53. The quantitative estimate of drug-likeness (QED) is 0.580. The molecule has 21 heavy (non-hydrogen) atoms. The van der Waals surface area contributed by atoms with Crippen LogP contribution in [0.5, 0.6) is 11.6 Å². The Bertz CT molecular complexity index is 682. The fourth-order valence-corrected chi connectivity index (χ4v) is 2.25. The van der Waals surface area contributed by atoms with Gasteiger partial charge in [-0.15, -0.1) is 0 Å². The summed E-state index contributed by atoms with van der Waals surface area (Å²) in [5.74, 6) is 0.977. The van der Waals surface area contributed by atoms with Gasteiger partial charge in [0.1, 0.15) is 4.47 Å². The van der Waals surface area contributed by atoms with Crippen LogP contribution in [0.1, 0.15) is 6.92 Å². The van der Waals surface area contributed by atoms with Crippen molar-refractivity contribution >= 4 is 43.5 Å². The largest absolute Gasteiger partial charge is 0.436 e. The summed E-state index contributed by atoms with van der Waals surface area (Å²) in [6.45, 7) is 2.59. The number of benzene rings is 1. The smallest absolute Gasteiger partial charge is 0.287 e. The van der Waals surface area contributed by atoms with E-state index < -0.39 is 4.92 Å². The zero-order valence-corrected chi connectivity index (χ0v) is 14.0. The molecule has 0 aliphatic heterocycles. The Labute approximate surface area is 137 Å². The number of nitrogens with one attached hydrogen (secondary N) is 1. The molecule has 0 aliphatic carbocycles. The number of halogens is 2. The lowest BCUT2D eigenvalue weighted by Crippen LogP contribution is -2.03. The van der Waals surface area contributed by atoms with Gasteiger partial charge in [-0.1, -0.05) is 6.07 Å². The predicted molar refractivity (Wildman–Crippen MR) is 84.8 cm³/mol. The van der Waals surface area contributed by atoms with Gasteiger partial charge >= 0.3 is 0 Å². The predicted octanol–water partition coefficient (Wildman–Crippen LogP) is 4.13. The highest BCUT2D eigenvalue weighted by molar-refractivity contribution is 9.11. The molecule has 9 heteroatoms. The summed E-state index contributed by atoms with van der Waals surface area (Å²) < 4.78 is 6.43. The lowest BCUT2D eigenvalue weighted by atomic mass is 10.3. The third-order valence-corrected chi connectivity index (χ3v) is 3.73. The highest BCUT2D eigenvalue weighted by Gasteiger charge is 2.18. The van der Waals surface area contributed by atoms with Crippen molar-refractivity contribution in [3.63, 3.8) is 0 Å².